The Bertz CT molecular complexity index is 1220. The Balaban J connectivity index is 1.50. The zero-order valence-electron chi connectivity index (χ0n) is 18.3. The third kappa shape index (κ3) is 5.79. The number of benzene rings is 3. The third-order valence-electron chi connectivity index (χ3n) is 5.31. The molecule has 9 heteroatoms. The average Bonchev–Trinajstić information content (AvgIpc) is 3.29. The molecule has 1 heterocycles. The van der Waals surface area contributed by atoms with Gasteiger partial charge in [0.1, 0.15) is 11.6 Å². The highest BCUT2D eigenvalue weighted by Crippen LogP contribution is 2.27. The predicted molar refractivity (Wildman–Crippen MR) is 131 cm³/mol. The molecule has 1 aliphatic rings. The number of amides is 2. The summed E-state index contributed by atoms with van der Waals surface area (Å²) >= 11 is 12.1. The highest BCUT2D eigenvalue weighted by Gasteiger charge is 2.27. The minimum atomic E-state index is -0.388. The smallest absolute Gasteiger partial charge is 0.322 e. The van der Waals surface area contributed by atoms with Crippen molar-refractivity contribution in [2.24, 2.45) is 5.16 Å². The van der Waals surface area contributed by atoms with Crippen LogP contribution in [0.1, 0.15) is 17.5 Å². The summed E-state index contributed by atoms with van der Waals surface area (Å²) in [6.07, 6.45) is 0.0842. The molecule has 3 aromatic rings. The quantitative estimate of drug-likeness (QED) is 0.409. The van der Waals surface area contributed by atoms with Gasteiger partial charge in [0.05, 0.1) is 35.1 Å². The van der Waals surface area contributed by atoms with E-state index in [1.165, 1.54) is 19.2 Å². The average molecular weight is 502 g/mol. The number of carbonyl (C=O) groups excluding carboxylic acids is 1. The molecule has 34 heavy (non-hydrogen) atoms. The molecule has 0 aliphatic carbocycles. The Morgan fingerprint density at radius 3 is 2.74 bits per heavy atom. The first-order valence-corrected chi connectivity index (χ1v) is 11.3. The number of ether oxygens (including phenoxy) is 1. The minimum absolute atomic E-state index is 0.181. The second-order valence-corrected chi connectivity index (χ2v) is 8.55. The number of nitrogens with zero attached hydrogens (tertiary/aromatic N) is 2. The van der Waals surface area contributed by atoms with Crippen LogP contribution < -0.4 is 10.1 Å². The van der Waals surface area contributed by atoms with Gasteiger partial charge in [-0.3, -0.25) is 0 Å². The molecular weight excluding hydrogens is 480 g/mol. The van der Waals surface area contributed by atoms with Gasteiger partial charge < -0.3 is 19.8 Å². The van der Waals surface area contributed by atoms with Crippen LogP contribution in [-0.2, 0) is 11.4 Å². The van der Waals surface area contributed by atoms with E-state index in [1.54, 1.807) is 47.4 Å². The van der Waals surface area contributed by atoms with Crippen molar-refractivity contribution in [3.05, 3.63) is 93.7 Å². The number of para-hydroxylation sites is 2. The number of urea groups is 1. The fraction of sp³-hybridized carbons (Fsp3) is 0.200. The van der Waals surface area contributed by atoms with Crippen molar-refractivity contribution in [2.75, 3.05) is 19.0 Å². The van der Waals surface area contributed by atoms with Crippen LogP contribution in [0.15, 0.2) is 71.9 Å². The van der Waals surface area contributed by atoms with Crippen LogP contribution in [0.3, 0.4) is 0 Å². The van der Waals surface area contributed by atoms with Crippen molar-refractivity contribution in [1.82, 2.24) is 4.90 Å². The zero-order valence-corrected chi connectivity index (χ0v) is 19.8. The molecule has 1 atom stereocenters. The van der Waals surface area contributed by atoms with Gasteiger partial charge in [-0.1, -0.05) is 58.7 Å². The summed E-state index contributed by atoms with van der Waals surface area (Å²) in [6.45, 7) is 0.409. The van der Waals surface area contributed by atoms with Crippen LogP contribution in [0.4, 0.5) is 14.9 Å². The number of oxime groups is 1. The molecule has 0 bridgehead atoms. The molecule has 0 spiro atoms. The van der Waals surface area contributed by atoms with Crippen molar-refractivity contribution < 1.29 is 18.8 Å². The van der Waals surface area contributed by atoms with Gasteiger partial charge in [0.25, 0.3) is 0 Å². The lowest BCUT2D eigenvalue weighted by Gasteiger charge is -2.25. The normalized spacial score (nSPS) is 14.8. The molecule has 1 N–H and O–H groups in total. The molecule has 0 saturated carbocycles. The largest absolute Gasteiger partial charge is 0.495 e. The van der Waals surface area contributed by atoms with E-state index in [2.05, 4.69) is 10.5 Å². The number of nitrogens with one attached hydrogen (secondary N) is 1. The van der Waals surface area contributed by atoms with Gasteiger partial charge in [0.2, 0.25) is 0 Å². The maximum absolute atomic E-state index is 13.8. The van der Waals surface area contributed by atoms with E-state index < -0.39 is 0 Å². The number of carbonyl (C=O) groups is 1. The summed E-state index contributed by atoms with van der Waals surface area (Å²) in [7, 11) is 1.53. The Kier molecular flexibility index (Phi) is 7.55. The Morgan fingerprint density at radius 1 is 1.15 bits per heavy atom. The van der Waals surface area contributed by atoms with Crippen molar-refractivity contribution in [1.29, 1.82) is 0 Å². The minimum Gasteiger partial charge on any atom is -0.495 e. The first-order valence-electron chi connectivity index (χ1n) is 10.5. The fourth-order valence-electron chi connectivity index (χ4n) is 3.64. The second-order valence-electron chi connectivity index (χ2n) is 7.74. The van der Waals surface area contributed by atoms with Crippen molar-refractivity contribution in [3.63, 3.8) is 0 Å². The van der Waals surface area contributed by atoms with Gasteiger partial charge in [-0.15, -0.1) is 0 Å². The third-order valence-corrected chi connectivity index (χ3v) is 6.05. The number of rotatable bonds is 7. The van der Waals surface area contributed by atoms with E-state index in [9.17, 15) is 9.18 Å². The summed E-state index contributed by atoms with van der Waals surface area (Å²) in [5.74, 6) is 0.161. The van der Waals surface area contributed by atoms with E-state index in [1.807, 2.05) is 12.1 Å². The fourth-order valence-corrected chi connectivity index (χ4v) is 3.93. The maximum Gasteiger partial charge on any atom is 0.322 e. The number of anilines is 1. The lowest BCUT2D eigenvalue weighted by Crippen LogP contribution is -2.40. The lowest BCUT2D eigenvalue weighted by atomic mass is 10.0. The summed E-state index contributed by atoms with van der Waals surface area (Å²) < 4.78 is 19.1. The summed E-state index contributed by atoms with van der Waals surface area (Å²) in [5.41, 5.74) is 2.68. The van der Waals surface area contributed by atoms with Crippen LogP contribution in [0.25, 0.3) is 0 Å². The SMILES string of the molecule is COc1ccccc1NC(=O)N(Cc1cccc(F)c1)CC1CC(c2ccc(Cl)c(Cl)c2)=NO1. The van der Waals surface area contributed by atoms with Crippen molar-refractivity contribution in [2.45, 2.75) is 19.1 Å². The van der Waals surface area contributed by atoms with Gasteiger partial charge in [-0.25, -0.2) is 9.18 Å². The highest BCUT2D eigenvalue weighted by atomic mass is 35.5. The molecular formula is C25H22Cl2FN3O3. The molecule has 0 radical (unpaired) electrons. The summed E-state index contributed by atoms with van der Waals surface area (Å²) in [5, 5.41) is 7.93. The molecule has 3 aromatic carbocycles. The zero-order chi connectivity index (χ0) is 24.1. The van der Waals surface area contributed by atoms with Crippen molar-refractivity contribution in [3.8, 4) is 5.75 Å². The van der Waals surface area contributed by atoms with Crippen LogP contribution in [-0.4, -0.2) is 36.4 Å². The van der Waals surface area contributed by atoms with Gasteiger partial charge in [-0.05, 0) is 42.0 Å². The molecule has 0 saturated heterocycles. The van der Waals surface area contributed by atoms with Gasteiger partial charge >= 0.3 is 6.03 Å². The summed E-state index contributed by atoms with van der Waals surface area (Å²) in [4.78, 5) is 20.4. The molecule has 4 rings (SSSR count). The van der Waals surface area contributed by atoms with Gasteiger partial charge in [0.15, 0.2) is 6.10 Å². The maximum atomic E-state index is 13.8. The van der Waals surface area contributed by atoms with E-state index in [4.69, 9.17) is 32.8 Å². The molecule has 6 nitrogen and oxygen atoms in total. The second kappa shape index (κ2) is 10.8. The molecule has 176 valence electrons. The van der Waals surface area contributed by atoms with Crippen LogP contribution in [0.5, 0.6) is 5.75 Å². The van der Waals surface area contributed by atoms with Crippen LogP contribution >= 0.6 is 23.2 Å². The van der Waals surface area contributed by atoms with E-state index in [-0.39, 0.29) is 31.0 Å². The van der Waals surface area contributed by atoms with E-state index in [0.717, 1.165) is 5.56 Å². The van der Waals surface area contributed by atoms with Crippen LogP contribution in [0.2, 0.25) is 10.0 Å². The molecule has 1 unspecified atom stereocenters. The summed E-state index contributed by atoms with van der Waals surface area (Å²) in [6, 6.07) is 18.1. The highest BCUT2D eigenvalue weighted by molar-refractivity contribution is 6.42. The first kappa shape index (κ1) is 23.9. The number of halogens is 3. The Morgan fingerprint density at radius 2 is 1.97 bits per heavy atom. The molecule has 1 aliphatic heterocycles. The standard InChI is InChI=1S/C25H22Cl2FN3O3/c1-33-24-8-3-2-7-22(24)29-25(32)31(14-16-5-4-6-18(28)11-16)15-19-13-23(30-34-19)17-9-10-20(26)21(27)12-17/h2-12,19H,13-15H2,1H3,(H,29,32). The van der Waals surface area contributed by atoms with Crippen LogP contribution in [0, 0.1) is 5.82 Å². The Hall–Kier alpha value is -3.29. The molecule has 0 fully saturated rings. The predicted octanol–water partition coefficient (Wildman–Crippen LogP) is 6.37. The number of hydrogen-bond donors (Lipinski definition) is 1. The number of methoxy groups -OCH3 is 1. The topological polar surface area (TPSA) is 63.2 Å². The molecule has 2 amide bonds. The van der Waals surface area contributed by atoms with Gasteiger partial charge in [0, 0.05) is 18.5 Å². The Labute approximate surface area is 206 Å². The first-order chi connectivity index (χ1) is 16.4. The van der Waals surface area contributed by atoms with Crippen molar-refractivity contribution >= 4 is 40.6 Å². The lowest BCUT2D eigenvalue weighted by molar-refractivity contribution is 0.0608. The van der Waals surface area contributed by atoms with Gasteiger partial charge in [-0.2, -0.15) is 0 Å². The monoisotopic (exact) mass is 501 g/mol. The van der Waals surface area contributed by atoms with E-state index >= 15 is 0 Å². The molecule has 0 aromatic heterocycles. The van der Waals surface area contributed by atoms with E-state index in [0.29, 0.717) is 39.2 Å². The number of hydrogen-bond acceptors (Lipinski definition) is 4.